The number of hydrogen-bond acceptors (Lipinski definition) is 1. The van der Waals surface area contributed by atoms with E-state index in [1.807, 2.05) is 24.3 Å². The molecular formula is C10H16OSi. The van der Waals surface area contributed by atoms with Crippen LogP contribution in [0.25, 0.3) is 0 Å². The molecule has 2 heteroatoms. The lowest BCUT2D eigenvalue weighted by atomic mass is 10.1. The average molecular weight is 180 g/mol. The molecule has 1 aliphatic carbocycles. The van der Waals surface area contributed by atoms with Crippen LogP contribution in [-0.4, -0.2) is 19.3 Å². The summed E-state index contributed by atoms with van der Waals surface area (Å²) in [5, 5.41) is 9.55. The zero-order chi connectivity index (χ0) is 9.19. The van der Waals surface area contributed by atoms with Crippen LogP contribution >= 0.6 is 0 Å². The number of hydrogen-bond donors (Lipinski definition) is 1. The Kier molecular flexibility index (Phi) is 2.70. The first kappa shape index (κ1) is 9.48. The lowest BCUT2D eigenvalue weighted by Crippen LogP contribution is -2.20. The van der Waals surface area contributed by atoms with Gasteiger partial charge in [-0.1, -0.05) is 49.6 Å². The summed E-state index contributed by atoms with van der Waals surface area (Å²) in [6.07, 6.45) is 7.27. The molecule has 0 radical (unpaired) electrons. The van der Waals surface area contributed by atoms with E-state index in [2.05, 4.69) is 25.3 Å². The highest BCUT2D eigenvalue weighted by atomic mass is 28.3. The maximum Gasteiger partial charge on any atom is 0.0968 e. The Morgan fingerprint density at radius 2 is 2.00 bits per heavy atom. The van der Waals surface area contributed by atoms with Crippen molar-refractivity contribution >= 4 is 8.07 Å². The van der Waals surface area contributed by atoms with Crippen molar-refractivity contribution in [3.8, 4) is 0 Å². The van der Waals surface area contributed by atoms with E-state index in [0.717, 1.165) is 5.57 Å². The van der Waals surface area contributed by atoms with Gasteiger partial charge >= 0.3 is 0 Å². The Bertz CT molecular complexity index is 243. The van der Waals surface area contributed by atoms with Crippen LogP contribution in [0.4, 0.5) is 0 Å². The fourth-order valence-electron chi connectivity index (χ4n) is 1.18. The molecule has 66 valence electrons. The highest BCUT2D eigenvalue weighted by Gasteiger charge is 2.14. The molecule has 1 unspecified atom stereocenters. The zero-order valence-corrected chi connectivity index (χ0v) is 8.91. The molecule has 12 heavy (non-hydrogen) atoms. The first-order valence-electron chi connectivity index (χ1n) is 4.25. The molecule has 1 nitrogen and oxygen atoms in total. The topological polar surface area (TPSA) is 20.2 Å². The Morgan fingerprint density at radius 1 is 1.33 bits per heavy atom. The van der Waals surface area contributed by atoms with Crippen LogP contribution < -0.4 is 0 Å². The Labute approximate surface area is 75.1 Å². The molecule has 0 heterocycles. The van der Waals surface area contributed by atoms with Gasteiger partial charge in [-0.25, -0.2) is 0 Å². The predicted molar refractivity (Wildman–Crippen MR) is 55.7 cm³/mol. The van der Waals surface area contributed by atoms with E-state index < -0.39 is 8.07 Å². The summed E-state index contributed by atoms with van der Waals surface area (Å²) in [6, 6.07) is 0. The second kappa shape index (κ2) is 3.41. The van der Waals surface area contributed by atoms with E-state index in [1.165, 1.54) is 0 Å². The van der Waals surface area contributed by atoms with Crippen LogP contribution in [0.1, 0.15) is 0 Å². The Balaban J connectivity index is 2.82. The average Bonchev–Trinajstić information content (AvgIpc) is 1.91. The van der Waals surface area contributed by atoms with E-state index >= 15 is 0 Å². The summed E-state index contributed by atoms with van der Waals surface area (Å²) in [5.41, 5.74) is 3.29. The van der Waals surface area contributed by atoms with Crippen LogP contribution in [0.5, 0.6) is 0 Å². The molecule has 1 rings (SSSR count). The summed E-state index contributed by atoms with van der Waals surface area (Å²) in [7, 11) is -1.19. The number of aliphatic hydroxyl groups excluding tert-OH is 1. The number of aliphatic hydroxyl groups is 1. The lowest BCUT2D eigenvalue weighted by Gasteiger charge is -2.16. The maximum absolute atomic E-state index is 9.55. The molecule has 0 aromatic carbocycles. The first-order chi connectivity index (χ1) is 5.49. The van der Waals surface area contributed by atoms with Gasteiger partial charge in [0.15, 0.2) is 0 Å². The van der Waals surface area contributed by atoms with Gasteiger partial charge in [0.05, 0.1) is 14.2 Å². The number of allylic oxidation sites excluding steroid dienone is 2. The molecule has 1 atom stereocenters. The largest absolute Gasteiger partial charge is 0.384 e. The summed E-state index contributed by atoms with van der Waals surface area (Å²) in [4.78, 5) is 0. The molecule has 1 aliphatic rings. The second-order valence-electron chi connectivity index (χ2n) is 4.20. The van der Waals surface area contributed by atoms with Crippen molar-refractivity contribution in [3.63, 3.8) is 0 Å². The summed E-state index contributed by atoms with van der Waals surface area (Å²) in [6.45, 7) is 6.79. The van der Waals surface area contributed by atoms with Gasteiger partial charge in [0.2, 0.25) is 0 Å². The smallest absolute Gasteiger partial charge is 0.0968 e. The monoisotopic (exact) mass is 180 g/mol. The lowest BCUT2D eigenvalue weighted by molar-refractivity contribution is 0.262. The third-order valence-electron chi connectivity index (χ3n) is 1.63. The molecule has 0 aromatic rings. The zero-order valence-electron chi connectivity index (χ0n) is 7.91. The van der Waals surface area contributed by atoms with Gasteiger partial charge in [0.1, 0.15) is 0 Å². The van der Waals surface area contributed by atoms with Crippen molar-refractivity contribution in [2.24, 2.45) is 0 Å². The quantitative estimate of drug-likeness (QED) is 0.614. The van der Waals surface area contributed by atoms with Gasteiger partial charge < -0.3 is 5.11 Å². The van der Waals surface area contributed by atoms with Crippen molar-refractivity contribution in [3.05, 3.63) is 35.6 Å². The highest BCUT2D eigenvalue weighted by molar-refractivity contribution is 6.81. The SMILES string of the molecule is C[Si](C)(C)C=C1C=CC=CC1O. The number of rotatable bonds is 1. The maximum atomic E-state index is 9.55. The van der Waals surface area contributed by atoms with Crippen LogP contribution in [0.2, 0.25) is 19.6 Å². The Hall–Kier alpha value is -0.603. The van der Waals surface area contributed by atoms with E-state index in [1.54, 1.807) is 0 Å². The van der Waals surface area contributed by atoms with Crippen LogP contribution in [0.15, 0.2) is 35.6 Å². The van der Waals surface area contributed by atoms with Crippen molar-refractivity contribution < 1.29 is 5.11 Å². The molecule has 0 aromatic heterocycles. The van der Waals surface area contributed by atoms with Crippen molar-refractivity contribution in [1.82, 2.24) is 0 Å². The van der Waals surface area contributed by atoms with E-state index in [0.29, 0.717) is 0 Å². The summed E-state index contributed by atoms with van der Waals surface area (Å²) < 4.78 is 0. The fraction of sp³-hybridized carbons (Fsp3) is 0.400. The van der Waals surface area contributed by atoms with Crippen molar-refractivity contribution in [2.75, 3.05) is 0 Å². The minimum atomic E-state index is -1.19. The minimum Gasteiger partial charge on any atom is -0.384 e. The standard InChI is InChI=1S/C10H16OSi/c1-12(2,3)8-9-6-4-5-7-10(9)11/h4-8,10-11H,1-3H3. The van der Waals surface area contributed by atoms with Gasteiger partial charge in [0, 0.05) is 0 Å². The van der Waals surface area contributed by atoms with Gasteiger partial charge in [-0.15, -0.1) is 0 Å². The molecule has 1 N–H and O–H groups in total. The van der Waals surface area contributed by atoms with Gasteiger partial charge in [-0.05, 0) is 5.57 Å². The van der Waals surface area contributed by atoms with Crippen LogP contribution in [-0.2, 0) is 0 Å². The Morgan fingerprint density at radius 3 is 2.50 bits per heavy atom. The third-order valence-corrected chi connectivity index (χ3v) is 2.83. The predicted octanol–water partition coefficient (Wildman–Crippen LogP) is 2.28. The van der Waals surface area contributed by atoms with Crippen molar-refractivity contribution in [2.45, 2.75) is 25.7 Å². The second-order valence-corrected chi connectivity index (χ2v) is 9.22. The highest BCUT2D eigenvalue weighted by Crippen LogP contribution is 2.15. The van der Waals surface area contributed by atoms with E-state index in [4.69, 9.17) is 0 Å². The minimum absolute atomic E-state index is 0.387. The fourth-order valence-corrected chi connectivity index (χ4v) is 2.45. The molecule has 0 aliphatic heterocycles. The normalized spacial score (nSPS) is 26.7. The molecule has 0 saturated heterocycles. The van der Waals surface area contributed by atoms with Gasteiger partial charge in [0.25, 0.3) is 0 Å². The molecule has 0 fully saturated rings. The van der Waals surface area contributed by atoms with Crippen LogP contribution in [0, 0.1) is 0 Å². The van der Waals surface area contributed by atoms with Crippen molar-refractivity contribution in [1.29, 1.82) is 0 Å². The third kappa shape index (κ3) is 2.79. The summed E-state index contributed by atoms with van der Waals surface area (Å²) >= 11 is 0. The molecule has 0 bridgehead atoms. The van der Waals surface area contributed by atoms with Gasteiger partial charge in [-0.3, -0.25) is 0 Å². The van der Waals surface area contributed by atoms with E-state index in [9.17, 15) is 5.11 Å². The first-order valence-corrected chi connectivity index (χ1v) is 7.82. The molecule has 0 spiro atoms. The summed E-state index contributed by atoms with van der Waals surface area (Å²) in [5.74, 6) is 0. The molecular weight excluding hydrogens is 164 g/mol. The van der Waals surface area contributed by atoms with Gasteiger partial charge in [-0.2, -0.15) is 0 Å². The van der Waals surface area contributed by atoms with E-state index in [-0.39, 0.29) is 6.10 Å². The molecule has 0 amide bonds. The molecule has 0 saturated carbocycles. The van der Waals surface area contributed by atoms with Crippen LogP contribution in [0.3, 0.4) is 0 Å².